The number of hydrogen-bond acceptors (Lipinski definition) is 3. The molecule has 136 valence electrons. The van der Waals surface area contributed by atoms with Gasteiger partial charge < -0.3 is 10.0 Å². The molecule has 2 heterocycles. The highest BCUT2D eigenvalue weighted by atomic mass is 16.3. The number of β-amino-alcohol motifs (C(OH)–C–C–N with tert-alkyl or cyclic N) is 1. The minimum Gasteiger partial charge on any atom is -0.385 e. The average molecular weight is 337 g/mol. The summed E-state index contributed by atoms with van der Waals surface area (Å²) in [5.74, 6) is -0.223. The fourth-order valence-corrected chi connectivity index (χ4v) is 5.12. The van der Waals surface area contributed by atoms with Crippen molar-refractivity contribution in [3.63, 3.8) is 0 Å². The maximum atomic E-state index is 13.0. The van der Waals surface area contributed by atoms with Crippen LogP contribution in [0.1, 0.15) is 59.3 Å². The van der Waals surface area contributed by atoms with E-state index in [1.165, 1.54) is 35.5 Å². The molecule has 24 heavy (non-hydrogen) atoms. The van der Waals surface area contributed by atoms with Crippen LogP contribution in [0, 0.1) is 16.7 Å². The van der Waals surface area contributed by atoms with Gasteiger partial charge in [-0.1, -0.05) is 20.8 Å². The van der Waals surface area contributed by atoms with Gasteiger partial charge in [0.1, 0.15) is 12.6 Å². The molecule has 5 heteroatoms. The molecule has 0 spiro atoms. The van der Waals surface area contributed by atoms with Crippen molar-refractivity contribution in [2.24, 2.45) is 16.7 Å². The van der Waals surface area contributed by atoms with Gasteiger partial charge >= 0.3 is 0 Å². The summed E-state index contributed by atoms with van der Waals surface area (Å²) in [6.45, 7) is 9.09. The van der Waals surface area contributed by atoms with Crippen molar-refractivity contribution in [2.45, 2.75) is 65.4 Å². The van der Waals surface area contributed by atoms with Gasteiger partial charge in [0.25, 0.3) is 0 Å². The zero-order chi connectivity index (χ0) is 17.5. The number of aliphatic hydroxyl groups is 1. The van der Waals surface area contributed by atoms with Gasteiger partial charge in [0.05, 0.1) is 25.0 Å². The van der Waals surface area contributed by atoms with Gasteiger partial charge in [-0.3, -0.25) is 14.5 Å². The molecule has 0 aromatic heterocycles. The third-order valence-electron chi connectivity index (χ3n) is 7.24. The van der Waals surface area contributed by atoms with E-state index in [0.29, 0.717) is 6.54 Å². The van der Waals surface area contributed by atoms with Crippen molar-refractivity contribution in [1.29, 1.82) is 0 Å². The Morgan fingerprint density at radius 3 is 2.42 bits per heavy atom. The highest BCUT2D eigenvalue weighted by molar-refractivity contribution is 6.03. The molecule has 5 nitrogen and oxygen atoms in total. The molecule has 2 bridgehead atoms. The summed E-state index contributed by atoms with van der Waals surface area (Å²) in [4.78, 5) is 28.6. The topological polar surface area (TPSA) is 62.1 Å². The number of rotatable bonds is 4. The van der Waals surface area contributed by atoms with Crippen molar-refractivity contribution in [3.05, 3.63) is 0 Å². The minimum atomic E-state index is -0.616. The molecule has 3 rings (SSSR count). The Morgan fingerprint density at radius 2 is 1.79 bits per heavy atom. The third kappa shape index (κ3) is 2.80. The highest BCUT2D eigenvalue weighted by Crippen LogP contribution is 2.59. The SMILES string of the molecule is CC1(C)[C@H]2CC[C@@]1(C)C(=O)N(C[C@@H](O)C[NH+]1CCCCCC1)C2=O. The lowest BCUT2D eigenvalue weighted by Crippen LogP contribution is -3.13. The molecule has 2 N–H and O–H groups in total. The van der Waals surface area contributed by atoms with E-state index in [-0.39, 0.29) is 29.7 Å². The zero-order valence-electron chi connectivity index (χ0n) is 15.4. The van der Waals surface area contributed by atoms with Crippen molar-refractivity contribution in [1.82, 2.24) is 4.90 Å². The first kappa shape index (κ1) is 17.9. The number of nitrogens with zero attached hydrogens (tertiary/aromatic N) is 1. The number of fused-ring (bicyclic) bond motifs is 2. The van der Waals surface area contributed by atoms with Crippen LogP contribution in [-0.2, 0) is 9.59 Å². The monoisotopic (exact) mass is 337 g/mol. The van der Waals surface area contributed by atoms with Crippen LogP contribution in [0.25, 0.3) is 0 Å². The average Bonchev–Trinajstić information content (AvgIpc) is 2.70. The number of amides is 2. The van der Waals surface area contributed by atoms with Gasteiger partial charge in [0.15, 0.2) is 0 Å². The van der Waals surface area contributed by atoms with Crippen LogP contribution in [0.5, 0.6) is 0 Å². The van der Waals surface area contributed by atoms with Gasteiger partial charge in [-0.15, -0.1) is 0 Å². The minimum absolute atomic E-state index is 0.0649. The Kier molecular flexibility index (Phi) is 4.77. The Morgan fingerprint density at radius 1 is 1.17 bits per heavy atom. The molecule has 1 aliphatic carbocycles. The van der Waals surface area contributed by atoms with Crippen molar-refractivity contribution in [3.8, 4) is 0 Å². The standard InChI is InChI=1S/C19H32N2O3/c1-18(2)15-8-9-19(18,3)17(24)21(16(15)23)13-14(22)12-20-10-6-4-5-7-11-20/h14-15,22H,4-13H2,1-3H3/p+1/t14-,15-,19-/m0/s1. The fourth-order valence-electron chi connectivity index (χ4n) is 5.12. The van der Waals surface area contributed by atoms with E-state index in [9.17, 15) is 14.7 Å². The van der Waals surface area contributed by atoms with Crippen LogP contribution in [-0.4, -0.2) is 54.1 Å². The van der Waals surface area contributed by atoms with E-state index in [0.717, 1.165) is 25.9 Å². The molecule has 0 unspecified atom stereocenters. The molecule has 1 saturated carbocycles. The predicted molar refractivity (Wildman–Crippen MR) is 91.4 cm³/mol. The van der Waals surface area contributed by atoms with Gasteiger partial charge in [0, 0.05) is 5.92 Å². The van der Waals surface area contributed by atoms with E-state index in [2.05, 4.69) is 13.8 Å². The molecule has 3 aliphatic rings. The van der Waals surface area contributed by atoms with Gasteiger partial charge in [-0.05, 0) is 43.9 Å². The first-order valence-corrected chi connectivity index (χ1v) is 9.65. The number of hydrogen-bond donors (Lipinski definition) is 2. The number of carbonyl (C=O) groups excluding carboxylic acids is 2. The Balaban J connectivity index is 1.66. The largest absolute Gasteiger partial charge is 0.385 e. The van der Waals surface area contributed by atoms with Crippen LogP contribution in [0.3, 0.4) is 0 Å². The second-order valence-electron chi connectivity index (χ2n) is 8.92. The van der Waals surface area contributed by atoms with Gasteiger partial charge in [-0.2, -0.15) is 0 Å². The smallest absolute Gasteiger partial charge is 0.235 e. The molecule has 0 aromatic rings. The second-order valence-corrected chi connectivity index (χ2v) is 8.92. The van der Waals surface area contributed by atoms with E-state index >= 15 is 0 Å². The molecule has 0 aromatic carbocycles. The first-order chi connectivity index (χ1) is 11.3. The molecule has 3 atom stereocenters. The molecule has 2 aliphatic heterocycles. The number of aliphatic hydroxyl groups excluding tert-OH is 1. The summed E-state index contributed by atoms with van der Waals surface area (Å²) in [7, 11) is 0. The Hall–Kier alpha value is -0.940. The second kappa shape index (κ2) is 6.41. The van der Waals surface area contributed by atoms with Crippen LogP contribution in [0.15, 0.2) is 0 Å². The molecule has 0 radical (unpaired) electrons. The number of likely N-dealkylation sites (tertiary alicyclic amines) is 2. The van der Waals surface area contributed by atoms with Crippen molar-refractivity contribution in [2.75, 3.05) is 26.2 Å². The maximum Gasteiger partial charge on any atom is 0.235 e. The van der Waals surface area contributed by atoms with Crippen LogP contribution >= 0.6 is 0 Å². The Bertz CT molecular complexity index is 511. The van der Waals surface area contributed by atoms with Crippen molar-refractivity contribution >= 4 is 11.8 Å². The summed E-state index contributed by atoms with van der Waals surface area (Å²) >= 11 is 0. The van der Waals surface area contributed by atoms with E-state index in [4.69, 9.17) is 0 Å². The molecule has 3 fully saturated rings. The lowest BCUT2D eigenvalue weighted by atomic mass is 9.62. The third-order valence-corrected chi connectivity index (χ3v) is 7.24. The van der Waals surface area contributed by atoms with Gasteiger partial charge in [-0.25, -0.2) is 0 Å². The number of carbonyl (C=O) groups is 2. The number of imide groups is 1. The highest BCUT2D eigenvalue weighted by Gasteiger charge is 2.64. The molecular formula is C19H33N2O3+. The Labute approximate surface area is 145 Å². The van der Waals surface area contributed by atoms with E-state index in [1.807, 2.05) is 6.92 Å². The molecular weight excluding hydrogens is 304 g/mol. The number of piperidine rings is 1. The lowest BCUT2D eigenvalue weighted by molar-refractivity contribution is -0.902. The summed E-state index contributed by atoms with van der Waals surface area (Å²) in [5.41, 5.74) is -0.751. The van der Waals surface area contributed by atoms with Crippen LogP contribution in [0.4, 0.5) is 0 Å². The number of nitrogens with one attached hydrogen (secondary N) is 1. The van der Waals surface area contributed by atoms with E-state index in [1.54, 1.807) is 0 Å². The zero-order valence-corrected chi connectivity index (χ0v) is 15.4. The van der Waals surface area contributed by atoms with Crippen molar-refractivity contribution < 1.29 is 19.6 Å². The molecule has 2 saturated heterocycles. The van der Waals surface area contributed by atoms with Crippen LogP contribution in [0.2, 0.25) is 0 Å². The lowest BCUT2D eigenvalue weighted by Gasteiger charge is -2.48. The normalized spacial score (nSPS) is 35.2. The summed E-state index contributed by atoms with van der Waals surface area (Å²) in [6.07, 6.45) is 5.92. The van der Waals surface area contributed by atoms with E-state index < -0.39 is 11.5 Å². The van der Waals surface area contributed by atoms with Crippen LogP contribution < -0.4 is 4.90 Å². The maximum absolute atomic E-state index is 13.0. The predicted octanol–water partition coefficient (Wildman–Crippen LogP) is 0.618. The first-order valence-electron chi connectivity index (χ1n) is 9.65. The number of quaternary nitrogens is 1. The van der Waals surface area contributed by atoms with Gasteiger partial charge in [0.2, 0.25) is 11.8 Å². The summed E-state index contributed by atoms with van der Waals surface area (Å²) in [6, 6.07) is 0. The quantitative estimate of drug-likeness (QED) is 0.739. The summed E-state index contributed by atoms with van der Waals surface area (Å²) < 4.78 is 0. The summed E-state index contributed by atoms with van der Waals surface area (Å²) in [5, 5.41) is 10.5. The molecule has 2 amide bonds. The fraction of sp³-hybridized carbons (Fsp3) is 0.895.